The molecule has 172 valence electrons. The normalized spacial score (nSPS) is 15.0. The van der Waals surface area contributed by atoms with Crippen LogP contribution in [0.1, 0.15) is 55.4 Å². The summed E-state index contributed by atoms with van der Waals surface area (Å²) < 4.78 is 40.9. The van der Waals surface area contributed by atoms with Crippen LogP contribution in [-0.2, 0) is 4.79 Å². The summed E-state index contributed by atoms with van der Waals surface area (Å²) >= 11 is 0. The van der Waals surface area contributed by atoms with Crippen LogP contribution in [0.15, 0.2) is 36.5 Å². The van der Waals surface area contributed by atoms with Crippen LogP contribution >= 0.6 is 0 Å². The third-order valence-corrected chi connectivity index (χ3v) is 5.79. The van der Waals surface area contributed by atoms with E-state index in [4.69, 9.17) is 0 Å². The van der Waals surface area contributed by atoms with Crippen molar-refractivity contribution in [1.82, 2.24) is 19.9 Å². The third-order valence-electron chi connectivity index (χ3n) is 5.79. The Balaban J connectivity index is 1.69. The van der Waals surface area contributed by atoms with Crippen molar-refractivity contribution in [3.63, 3.8) is 0 Å². The molecular weight excluding hydrogens is 431 g/mol. The molecule has 1 aromatic carbocycles. The van der Waals surface area contributed by atoms with Crippen LogP contribution in [0.3, 0.4) is 0 Å². The number of fused-ring (bicyclic) bond motifs is 1. The first-order chi connectivity index (χ1) is 15.7. The van der Waals surface area contributed by atoms with Crippen molar-refractivity contribution in [1.29, 1.82) is 0 Å². The van der Waals surface area contributed by atoms with E-state index in [1.165, 1.54) is 12.1 Å². The number of aryl methyl sites for hydroxylation is 1. The highest BCUT2D eigenvalue weighted by atomic mass is 19.3. The number of hydrogen-bond acceptors (Lipinski definition) is 5. The van der Waals surface area contributed by atoms with E-state index in [-0.39, 0.29) is 11.5 Å². The maximum absolute atomic E-state index is 14.7. The summed E-state index contributed by atoms with van der Waals surface area (Å²) in [5.41, 5.74) is 1.89. The minimum Gasteiger partial charge on any atom is -0.363 e. The number of nitrogens with zero attached hydrogens (tertiary/aromatic N) is 4. The molecule has 4 rings (SSSR count). The maximum atomic E-state index is 14.7. The zero-order valence-electron chi connectivity index (χ0n) is 18.6. The lowest BCUT2D eigenvalue weighted by Gasteiger charge is -2.25. The van der Waals surface area contributed by atoms with E-state index in [0.29, 0.717) is 42.1 Å². The van der Waals surface area contributed by atoms with Crippen LogP contribution in [0.25, 0.3) is 16.5 Å². The molecule has 6 nitrogen and oxygen atoms in total. The molecule has 3 heterocycles. The molecule has 2 aromatic heterocycles. The standard InChI is InChI=1S/C24H24F3N5O/c1-13(17-5-4-6-18(22(17)25)23(26)27)29-24-19-11-20(28-12-21(19)30-14(2)31-24)16-7-9-32(10-8-16)15(3)33/h4-7,11-13,23H,8-10H2,1-3H3,(H,29,30,31). The van der Waals surface area contributed by atoms with Gasteiger partial charge in [-0.25, -0.2) is 23.1 Å². The Morgan fingerprint density at radius 2 is 1.97 bits per heavy atom. The minimum atomic E-state index is -2.89. The molecule has 9 heteroatoms. The van der Waals surface area contributed by atoms with Gasteiger partial charge in [-0.2, -0.15) is 0 Å². The van der Waals surface area contributed by atoms with Crippen LogP contribution in [-0.4, -0.2) is 38.8 Å². The second kappa shape index (κ2) is 9.17. The van der Waals surface area contributed by atoms with Gasteiger partial charge in [-0.3, -0.25) is 9.78 Å². The van der Waals surface area contributed by atoms with E-state index >= 15 is 0 Å². The van der Waals surface area contributed by atoms with Crippen LogP contribution in [0, 0.1) is 12.7 Å². The fourth-order valence-electron chi connectivity index (χ4n) is 3.98. The number of pyridine rings is 1. The molecule has 1 atom stereocenters. The van der Waals surface area contributed by atoms with Gasteiger partial charge in [-0.1, -0.05) is 24.3 Å². The Kier molecular flexibility index (Phi) is 6.31. The van der Waals surface area contributed by atoms with Crippen molar-refractivity contribution in [3.05, 3.63) is 65.0 Å². The monoisotopic (exact) mass is 455 g/mol. The maximum Gasteiger partial charge on any atom is 0.266 e. The molecule has 1 aliphatic heterocycles. The van der Waals surface area contributed by atoms with E-state index in [1.54, 1.807) is 31.9 Å². The molecule has 3 aromatic rings. The van der Waals surface area contributed by atoms with Crippen LogP contribution in [0.2, 0.25) is 0 Å². The average Bonchev–Trinajstić information content (AvgIpc) is 2.78. The highest BCUT2D eigenvalue weighted by molar-refractivity contribution is 5.91. The Morgan fingerprint density at radius 3 is 2.64 bits per heavy atom. The smallest absolute Gasteiger partial charge is 0.266 e. The second-order valence-corrected chi connectivity index (χ2v) is 8.07. The number of benzene rings is 1. The summed E-state index contributed by atoms with van der Waals surface area (Å²) in [5, 5.41) is 3.86. The number of carbonyl (C=O) groups is 1. The quantitative estimate of drug-likeness (QED) is 0.571. The molecule has 1 N–H and O–H groups in total. The molecule has 1 unspecified atom stereocenters. The summed E-state index contributed by atoms with van der Waals surface area (Å²) in [6.45, 7) is 6.12. The summed E-state index contributed by atoms with van der Waals surface area (Å²) in [6.07, 6.45) is 1.42. The van der Waals surface area contributed by atoms with E-state index in [9.17, 15) is 18.0 Å². The zero-order valence-corrected chi connectivity index (χ0v) is 18.6. The first-order valence-electron chi connectivity index (χ1n) is 10.7. The molecule has 0 bridgehead atoms. The lowest BCUT2D eigenvalue weighted by Crippen LogP contribution is -2.32. The first-order valence-corrected chi connectivity index (χ1v) is 10.7. The van der Waals surface area contributed by atoms with Crippen LogP contribution < -0.4 is 5.32 Å². The van der Waals surface area contributed by atoms with E-state index in [1.807, 2.05) is 12.1 Å². The summed E-state index contributed by atoms with van der Waals surface area (Å²) in [5.74, 6) is 0.0800. The predicted octanol–water partition coefficient (Wildman–Crippen LogP) is 5.22. The number of alkyl halides is 2. The van der Waals surface area contributed by atoms with Crippen molar-refractivity contribution in [2.24, 2.45) is 0 Å². The molecule has 0 spiro atoms. The molecule has 0 aliphatic carbocycles. The van der Waals surface area contributed by atoms with E-state index < -0.39 is 23.8 Å². The van der Waals surface area contributed by atoms with Crippen molar-refractivity contribution >= 4 is 28.2 Å². The molecule has 0 saturated heterocycles. The van der Waals surface area contributed by atoms with Gasteiger partial charge in [0.05, 0.1) is 29.0 Å². The number of aromatic nitrogens is 3. The molecular formula is C24H24F3N5O. The highest BCUT2D eigenvalue weighted by Crippen LogP contribution is 2.31. The van der Waals surface area contributed by atoms with Gasteiger partial charge in [0.25, 0.3) is 6.43 Å². The van der Waals surface area contributed by atoms with E-state index in [2.05, 4.69) is 20.3 Å². The van der Waals surface area contributed by atoms with Gasteiger partial charge in [-0.15, -0.1) is 0 Å². The van der Waals surface area contributed by atoms with Crippen molar-refractivity contribution in [3.8, 4) is 0 Å². The predicted molar refractivity (Wildman–Crippen MR) is 120 cm³/mol. The second-order valence-electron chi connectivity index (χ2n) is 8.07. The molecule has 1 aliphatic rings. The fraction of sp³-hybridized carbons (Fsp3) is 0.333. The Morgan fingerprint density at radius 1 is 1.21 bits per heavy atom. The largest absolute Gasteiger partial charge is 0.363 e. The molecule has 0 fully saturated rings. The van der Waals surface area contributed by atoms with Crippen LogP contribution in [0.5, 0.6) is 0 Å². The molecule has 1 amide bonds. The average molecular weight is 455 g/mol. The third kappa shape index (κ3) is 4.67. The van der Waals surface area contributed by atoms with Gasteiger partial charge < -0.3 is 10.2 Å². The minimum absolute atomic E-state index is 0.0317. The van der Waals surface area contributed by atoms with Gasteiger partial charge in [0.2, 0.25) is 5.91 Å². The molecule has 33 heavy (non-hydrogen) atoms. The van der Waals surface area contributed by atoms with Gasteiger partial charge in [0.1, 0.15) is 17.5 Å². The molecule has 0 radical (unpaired) electrons. The number of hydrogen-bond donors (Lipinski definition) is 1. The van der Waals surface area contributed by atoms with Gasteiger partial charge >= 0.3 is 0 Å². The lowest BCUT2D eigenvalue weighted by molar-refractivity contribution is -0.128. The SMILES string of the molecule is CC(=O)N1CC=C(c2cc3c(NC(C)c4cccc(C(F)F)c4F)nc(C)nc3cn2)CC1. The summed E-state index contributed by atoms with van der Waals surface area (Å²) in [6, 6.07) is 5.24. The highest BCUT2D eigenvalue weighted by Gasteiger charge is 2.21. The van der Waals surface area contributed by atoms with Gasteiger partial charge in [0.15, 0.2) is 0 Å². The number of anilines is 1. The Hall–Kier alpha value is -3.49. The lowest BCUT2D eigenvalue weighted by atomic mass is 10.0. The van der Waals surface area contributed by atoms with E-state index in [0.717, 1.165) is 17.3 Å². The first kappa shape index (κ1) is 22.7. The van der Waals surface area contributed by atoms with Crippen molar-refractivity contribution in [2.75, 3.05) is 18.4 Å². The Bertz CT molecular complexity index is 1240. The van der Waals surface area contributed by atoms with Crippen LogP contribution in [0.4, 0.5) is 19.0 Å². The van der Waals surface area contributed by atoms with Gasteiger partial charge in [-0.05, 0) is 31.9 Å². The number of amides is 1. The topological polar surface area (TPSA) is 71.0 Å². The number of carbonyl (C=O) groups excluding carboxylic acids is 1. The zero-order chi connectivity index (χ0) is 23.7. The summed E-state index contributed by atoms with van der Waals surface area (Å²) in [4.78, 5) is 26.8. The Labute approximate surface area is 189 Å². The van der Waals surface area contributed by atoms with Gasteiger partial charge in [0, 0.05) is 31.0 Å². The number of halogens is 3. The van der Waals surface area contributed by atoms with Crippen molar-refractivity contribution < 1.29 is 18.0 Å². The number of nitrogens with one attached hydrogen (secondary N) is 1. The van der Waals surface area contributed by atoms with Crippen molar-refractivity contribution in [2.45, 2.75) is 39.7 Å². The fourth-order valence-corrected chi connectivity index (χ4v) is 3.98. The molecule has 0 saturated carbocycles. The number of rotatable bonds is 5. The summed E-state index contributed by atoms with van der Waals surface area (Å²) in [7, 11) is 0.